The molecule has 2 N–H and O–H groups in total. The third kappa shape index (κ3) is 5.30. The van der Waals surface area contributed by atoms with Crippen LogP contribution in [-0.4, -0.2) is 47.0 Å². The highest BCUT2D eigenvalue weighted by Crippen LogP contribution is 2.36. The van der Waals surface area contributed by atoms with Gasteiger partial charge in [0.1, 0.15) is 5.76 Å². The predicted octanol–water partition coefficient (Wildman–Crippen LogP) is 6.42. The van der Waals surface area contributed by atoms with E-state index in [0.29, 0.717) is 24.5 Å². The normalized spacial score (nSPS) is 14.5. The Morgan fingerprint density at radius 2 is 1.75 bits per heavy atom. The van der Waals surface area contributed by atoms with Gasteiger partial charge in [0.2, 0.25) is 0 Å². The van der Waals surface area contributed by atoms with Crippen LogP contribution in [0.2, 0.25) is 0 Å². The lowest BCUT2D eigenvalue weighted by Crippen LogP contribution is -2.46. The standard InChI is InChI=1S/C30H26F3N5O2/c31-30(32,33)22-5-6-26(25(17-22)36-29(39)28-8-7-27(40-28)20-9-11-34-12-10-20)38-15-13-37(14-16-38)19-21-18-35-24-4-2-1-3-23(21)24/h1-12,17-18,35H,13-16,19H2,(H,36,39). The highest BCUT2D eigenvalue weighted by atomic mass is 19.4. The summed E-state index contributed by atoms with van der Waals surface area (Å²) in [5.41, 5.74) is 2.82. The topological polar surface area (TPSA) is 77.4 Å². The second-order valence-electron chi connectivity index (χ2n) is 9.71. The van der Waals surface area contributed by atoms with Crippen LogP contribution < -0.4 is 10.2 Å². The highest BCUT2D eigenvalue weighted by Gasteiger charge is 2.32. The third-order valence-corrected chi connectivity index (χ3v) is 7.15. The molecule has 0 unspecified atom stereocenters. The number of hydrogen-bond donors (Lipinski definition) is 2. The number of aromatic nitrogens is 2. The number of aromatic amines is 1. The number of H-pyrrole nitrogens is 1. The zero-order valence-electron chi connectivity index (χ0n) is 21.4. The van der Waals surface area contributed by atoms with Gasteiger partial charge in [-0.2, -0.15) is 13.2 Å². The molecule has 5 aromatic rings. The van der Waals surface area contributed by atoms with E-state index in [-0.39, 0.29) is 11.4 Å². The fraction of sp³-hybridized carbons (Fsp3) is 0.200. The van der Waals surface area contributed by atoms with E-state index in [1.54, 1.807) is 30.6 Å². The van der Waals surface area contributed by atoms with Crippen LogP contribution in [0, 0.1) is 0 Å². The Hall–Kier alpha value is -4.57. The Morgan fingerprint density at radius 3 is 2.52 bits per heavy atom. The number of pyridine rings is 1. The average Bonchev–Trinajstić information content (AvgIpc) is 3.62. The Morgan fingerprint density at radius 1 is 0.975 bits per heavy atom. The van der Waals surface area contributed by atoms with E-state index in [1.165, 1.54) is 23.1 Å². The van der Waals surface area contributed by atoms with Crippen molar-refractivity contribution in [3.05, 3.63) is 102 Å². The second kappa shape index (κ2) is 10.5. The molecule has 1 saturated heterocycles. The molecule has 10 heteroatoms. The lowest BCUT2D eigenvalue weighted by atomic mass is 10.1. The molecule has 0 bridgehead atoms. The van der Waals surface area contributed by atoms with Crippen LogP contribution >= 0.6 is 0 Å². The lowest BCUT2D eigenvalue weighted by Gasteiger charge is -2.37. The summed E-state index contributed by atoms with van der Waals surface area (Å²) >= 11 is 0. The summed E-state index contributed by atoms with van der Waals surface area (Å²) in [6, 6.07) is 18.2. The highest BCUT2D eigenvalue weighted by molar-refractivity contribution is 6.04. The van der Waals surface area contributed by atoms with Crippen molar-refractivity contribution in [3.63, 3.8) is 0 Å². The minimum absolute atomic E-state index is 0.00118. The molecular formula is C30H26F3N5O2. The molecule has 4 heterocycles. The Balaban J connectivity index is 1.19. The van der Waals surface area contributed by atoms with Crippen molar-refractivity contribution in [1.29, 1.82) is 0 Å². The fourth-order valence-electron chi connectivity index (χ4n) is 5.05. The van der Waals surface area contributed by atoms with Crippen molar-refractivity contribution in [2.45, 2.75) is 12.7 Å². The van der Waals surface area contributed by atoms with Crippen molar-refractivity contribution in [2.75, 3.05) is 36.4 Å². The smallest absolute Gasteiger partial charge is 0.416 e. The predicted molar refractivity (Wildman–Crippen MR) is 147 cm³/mol. The Labute approximate surface area is 228 Å². The zero-order valence-corrected chi connectivity index (χ0v) is 21.4. The minimum Gasteiger partial charge on any atom is -0.451 e. The van der Waals surface area contributed by atoms with E-state index >= 15 is 0 Å². The second-order valence-corrected chi connectivity index (χ2v) is 9.71. The van der Waals surface area contributed by atoms with Crippen LogP contribution in [0.3, 0.4) is 0 Å². The van der Waals surface area contributed by atoms with Gasteiger partial charge in [-0.15, -0.1) is 0 Å². The maximum atomic E-state index is 13.6. The van der Waals surface area contributed by atoms with Gasteiger partial charge in [0.15, 0.2) is 5.76 Å². The van der Waals surface area contributed by atoms with E-state index in [1.807, 2.05) is 29.3 Å². The van der Waals surface area contributed by atoms with E-state index in [0.717, 1.165) is 42.8 Å². The van der Waals surface area contributed by atoms with Crippen molar-refractivity contribution in [1.82, 2.24) is 14.9 Å². The van der Waals surface area contributed by atoms with Gasteiger partial charge >= 0.3 is 6.18 Å². The fourth-order valence-corrected chi connectivity index (χ4v) is 5.05. The van der Waals surface area contributed by atoms with Crippen molar-refractivity contribution in [3.8, 4) is 11.3 Å². The molecule has 6 rings (SSSR count). The number of nitrogens with zero attached hydrogens (tertiary/aromatic N) is 3. The van der Waals surface area contributed by atoms with E-state index in [4.69, 9.17) is 4.42 Å². The number of rotatable bonds is 6. The quantitative estimate of drug-likeness (QED) is 0.258. The molecule has 1 amide bonds. The molecule has 1 fully saturated rings. The van der Waals surface area contributed by atoms with Gasteiger partial charge < -0.3 is 19.6 Å². The molecule has 0 radical (unpaired) electrons. The number of carbonyl (C=O) groups excluding carboxylic acids is 1. The Kier molecular flexibility index (Phi) is 6.77. The molecule has 0 aliphatic carbocycles. The van der Waals surface area contributed by atoms with Crippen LogP contribution in [0.4, 0.5) is 24.5 Å². The lowest BCUT2D eigenvalue weighted by molar-refractivity contribution is -0.137. The van der Waals surface area contributed by atoms with E-state index < -0.39 is 17.6 Å². The molecule has 0 atom stereocenters. The Bertz CT molecular complexity index is 1640. The average molecular weight is 546 g/mol. The number of amides is 1. The van der Waals surface area contributed by atoms with Crippen LogP contribution in [0.1, 0.15) is 21.7 Å². The first-order chi connectivity index (χ1) is 19.3. The SMILES string of the molecule is O=C(Nc1cc(C(F)(F)F)ccc1N1CCN(Cc2c[nH]c3ccccc23)CC1)c1ccc(-c2ccncc2)o1. The van der Waals surface area contributed by atoms with Crippen LogP contribution in [0.15, 0.2) is 89.7 Å². The largest absolute Gasteiger partial charge is 0.451 e. The van der Waals surface area contributed by atoms with Gasteiger partial charge in [0, 0.05) is 67.8 Å². The molecular weight excluding hydrogens is 519 g/mol. The van der Waals surface area contributed by atoms with Gasteiger partial charge in [-0.05, 0) is 54.1 Å². The summed E-state index contributed by atoms with van der Waals surface area (Å²) in [6.45, 7) is 3.42. The summed E-state index contributed by atoms with van der Waals surface area (Å²) in [4.78, 5) is 24.7. The van der Waals surface area contributed by atoms with E-state index in [9.17, 15) is 18.0 Å². The van der Waals surface area contributed by atoms with Gasteiger partial charge in [-0.1, -0.05) is 18.2 Å². The summed E-state index contributed by atoms with van der Waals surface area (Å²) in [5, 5.41) is 3.85. The van der Waals surface area contributed by atoms with Gasteiger partial charge in [-0.25, -0.2) is 0 Å². The van der Waals surface area contributed by atoms with Gasteiger partial charge in [0.25, 0.3) is 5.91 Å². The van der Waals surface area contributed by atoms with Crippen LogP contribution in [-0.2, 0) is 12.7 Å². The number of para-hydroxylation sites is 1. The molecule has 2 aromatic carbocycles. The van der Waals surface area contributed by atoms with Crippen molar-refractivity contribution in [2.24, 2.45) is 0 Å². The molecule has 204 valence electrons. The molecule has 1 aliphatic heterocycles. The van der Waals surface area contributed by atoms with Gasteiger partial charge in [0.05, 0.1) is 16.9 Å². The summed E-state index contributed by atoms with van der Waals surface area (Å²) in [5.74, 6) is -0.166. The first-order valence-corrected chi connectivity index (χ1v) is 12.9. The molecule has 0 saturated carbocycles. The maximum Gasteiger partial charge on any atom is 0.416 e. The molecule has 0 spiro atoms. The first kappa shape index (κ1) is 25.7. The molecule has 3 aromatic heterocycles. The van der Waals surface area contributed by atoms with Crippen molar-refractivity contribution < 1.29 is 22.4 Å². The molecule has 7 nitrogen and oxygen atoms in total. The monoisotopic (exact) mass is 545 g/mol. The minimum atomic E-state index is -4.55. The number of anilines is 2. The number of halogens is 3. The number of furan rings is 1. The first-order valence-electron chi connectivity index (χ1n) is 12.9. The summed E-state index contributed by atoms with van der Waals surface area (Å²) in [7, 11) is 0. The molecule has 40 heavy (non-hydrogen) atoms. The van der Waals surface area contributed by atoms with Gasteiger partial charge in [-0.3, -0.25) is 14.7 Å². The third-order valence-electron chi connectivity index (χ3n) is 7.15. The summed E-state index contributed by atoms with van der Waals surface area (Å²) < 4.78 is 46.4. The molecule has 1 aliphatic rings. The van der Waals surface area contributed by atoms with E-state index in [2.05, 4.69) is 26.3 Å². The number of carbonyl (C=O) groups is 1. The number of fused-ring (bicyclic) bond motifs is 1. The number of alkyl halides is 3. The number of piperazine rings is 1. The zero-order chi connectivity index (χ0) is 27.7. The number of hydrogen-bond acceptors (Lipinski definition) is 5. The van der Waals surface area contributed by atoms with Crippen LogP contribution in [0.25, 0.3) is 22.2 Å². The van der Waals surface area contributed by atoms with Crippen LogP contribution in [0.5, 0.6) is 0 Å². The van der Waals surface area contributed by atoms with Crippen molar-refractivity contribution >= 4 is 28.2 Å². The maximum absolute atomic E-state index is 13.6. The summed E-state index contributed by atoms with van der Waals surface area (Å²) in [6.07, 6.45) is 0.685. The number of nitrogens with one attached hydrogen (secondary N) is 2. The number of benzene rings is 2.